The number of hydrogen-bond donors (Lipinski definition) is 0. The van der Waals surface area contributed by atoms with E-state index < -0.39 is 0 Å². The first kappa shape index (κ1) is 15.7. The number of benzene rings is 2. The number of thioether (sulfide) groups is 1. The van der Waals surface area contributed by atoms with Gasteiger partial charge in [0.05, 0.1) is 19.0 Å². The molecule has 3 aromatic rings. The third kappa shape index (κ3) is 3.42. The van der Waals surface area contributed by atoms with E-state index in [9.17, 15) is 0 Å². The summed E-state index contributed by atoms with van der Waals surface area (Å²) in [6.45, 7) is 4.36. The summed E-state index contributed by atoms with van der Waals surface area (Å²) in [6, 6.07) is 18.5. The van der Waals surface area contributed by atoms with Crippen LogP contribution in [0.15, 0.2) is 66.0 Å². The van der Waals surface area contributed by atoms with E-state index >= 15 is 0 Å². The van der Waals surface area contributed by atoms with Crippen LogP contribution < -0.4 is 4.74 Å². The van der Waals surface area contributed by atoms with Crippen LogP contribution in [0.4, 0.5) is 0 Å². The Morgan fingerprint density at radius 3 is 2.30 bits per heavy atom. The molecule has 0 N–H and O–H groups in total. The fraction of sp³-hybridized carbons (Fsp3) is 0.211. The van der Waals surface area contributed by atoms with Crippen molar-refractivity contribution in [3.63, 3.8) is 0 Å². The number of hydrogen-bond acceptors (Lipinski definition) is 3. The average Bonchev–Trinajstić information content (AvgIpc) is 2.98. The van der Waals surface area contributed by atoms with Gasteiger partial charge in [0, 0.05) is 16.5 Å². The van der Waals surface area contributed by atoms with Crippen molar-refractivity contribution in [3.8, 4) is 22.7 Å². The van der Waals surface area contributed by atoms with E-state index in [2.05, 4.69) is 59.8 Å². The summed E-state index contributed by atoms with van der Waals surface area (Å²) in [6.07, 6.45) is 1.94. The van der Waals surface area contributed by atoms with Crippen molar-refractivity contribution in [2.45, 2.75) is 24.3 Å². The second kappa shape index (κ2) is 6.92. The second-order valence-electron chi connectivity index (χ2n) is 5.49. The Bertz CT molecular complexity index is 764. The van der Waals surface area contributed by atoms with Crippen molar-refractivity contribution in [2.75, 3.05) is 7.11 Å². The molecule has 0 fully saturated rings. The molecule has 2 aromatic carbocycles. The number of imidazole rings is 1. The normalized spacial score (nSPS) is 11.0. The Labute approximate surface area is 141 Å². The SMILES string of the molecule is COc1ccc(-c2cnc(SC(C)C)n2-c2ccccc2)cc1. The van der Waals surface area contributed by atoms with E-state index in [4.69, 9.17) is 4.74 Å². The van der Waals surface area contributed by atoms with Gasteiger partial charge in [-0.15, -0.1) is 0 Å². The van der Waals surface area contributed by atoms with E-state index in [1.165, 1.54) is 0 Å². The first-order valence-electron chi connectivity index (χ1n) is 7.63. The lowest BCUT2D eigenvalue weighted by atomic mass is 10.1. The summed E-state index contributed by atoms with van der Waals surface area (Å²) < 4.78 is 7.47. The third-order valence-corrected chi connectivity index (χ3v) is 4.44. The van der Waals surface area contributed by atoms with Crippen molar-refractivity contribution in [1.29, 1.82) is 0 Å². The van der Waals surface area contributed by atoms with Crippen LogP contribution in [-0.4, -0.2) is 21.9 Å². The number of para-hydroxylation sites is 1. The maximum absolute atomic E-state index is 5.25. The van der Waals surface area contributed by atoms with Gasteiger partial charge in [0.25, 0.3) is 0 Å². The molecule has 0 unspecified atom stereocenters. The first-order valence-corrected chi connectivity index (χ1v) is 8.51. The smallest absolute Gasteiger partial charge is 0.173 e. The zero-order chi connectivity index (χ0) is 16.2. The fourth-order valence-electron chi connectivity index (χ4n) is 2.42. The molecule has 0 radical (unpaired) electrons. The molecule has 0 bridgehead atoms. The van der Waals surface area contributed by atoms with Crippen molar-refractivity contribution in [1.82, 2.24) is 9.55 Å². The molecule has 0 atom stereocenters. The van der Waals surface area contributed by atoms with Crippen LogP contribution in [-0.2, 0) is 0 Å². The molecule has 0 saturated heterocycles. The number of rotatable bonds is 5. The van der Waals surface area contributed by atoms with Gasteiger partial charge in [-0.2, -0.15) is 0 Å². The molecule has 0 aliphatic rings. The topological polar surface area (TPSA) is 27.1 Å². The van der Waals surface area contributed by atoms with Crippen molar-refractivity contribution < 1.29 is 4.74 Å². The summed E-state index contributed by atoms with van der Waals surface area (Å²) >= 11 is 1.77. The largest absolute Gasteiger partial charge is 0.497 e. The number of ether oxygens (including phenoxy) is 1. The molecular weight excluding hydrogens is 304 g/mol. The Morgan fingerprint density at radius 1 is 1.00 bits per heavy atom. The molecule has 4 heteroatoms. The predicted molar refractivity (Wildman–Crippen MR) is 96.5 cm³/mol. The van der Waals surface area contributed by atoms with Crippen LogP contribution in [0.25, 0.3) is 16.9 Å². The van der Waals surface area contributed by atoms with Crippen LogP contribution >= 0.6 is 11.8 Å². The van der Waals surface area contributed by atoms with Crippen LogP contribution in [0.1, 0.15) is 13.8 Å². The van der Waals surface area contributed by atoms with Gasteiger partial charge in [0.1, 0.15) is 5.75 Å². The van der Waals surface area contributed by atoms with Crippen LogP contribution in [0, 0.1) is 0 Å². The van der Waals surface area contributed by atoms with Gasteiger partial charge < -0.3 is 4.74 Å². The maximum Gasteiger partial charge on any atom is 0.173 e. The highest BCUT2D eigenvalue weighted by Gasteiger charge is 2.15. The molecule has 0 aliphatic heterocycles. The third-order valence-electron chi connectivity index (χ3n) is 3.47. The van der Waals surface area contributed by atoms with Gasteiger partial charge in [0.2, 0.25) is 0 Å². The van der Waals surface area contributed by atoms with Gasteiger partial charge in [-0.25, -0.2) is 4.98 Å². The Hall–Kier alpha value is -2.20. The van der Waals surface area contributed by atoms with Crippen molar-refractivity contribution >= 4 is 11.8 Å². The first-order chi connectivity index (χ1) is 11.2. The predicted octanol–water partition coefficient (Wildman–Crippen LogP) is 5.05. The summed E-state index contributed by atoms with van der Waals surface area (Å²) in [5.74, 6) is 0.858. The van der Waals surface area contributed by atoms with Crippen LogP contribution in [0.5, 0.6) is 5.75 Å². The van der Waals surface area contributed by atoms with E-state index in [0.29, 0.717) is 5.25 Å². The molecule has 1 heterocycles. The standard InChI is InChI=1S/C19H20N2OS/c1-14(2)23-19-20-13-18(15-9-11-17(22-3)12-10-15)21(19)16-7-5-4-6-8-16/h4-14H,1-3H3. The van der Waals surface area contributed by atoms with E-state index in [1.807, 2.05) is 24.4 Å². The van der Waals surface area contributed by atoms with E-state index in [1.54, 1.807) is 18.9 Å². The molecule has 3 rings (SSSR count). The highest BCUT2D eigenvalue weighted by molar-refractivity contribution is 7.99. The second-order valence-corrected chi connectivity index (χ2v) is 7.04. The molecule has 0 spiro atoms. The molecule has 23 heavy (non-hydrogen) atoms. The molecule has 0 amide bonds. The monoisotopic (exact) mass is 324 g/mol. The Morgan fingerprint density at radius 2 is 1.70 bits per heavy atom. The zero-order valence-corrected chi connectivity index (χ0v) is 14.4. The van der Waals surface area contributed by atoms with Gasteiger partial charge in [-0.3, -0.25) is 4.57 Å². The summed E-state index contributed by atoms with van der Waals surface area (Å²) in [5, 5.41) is 1.49. The van der Waals surface area contributed by atoms with Gasteiger partial charge in [-0.05, 0) is 36.4 Å². The zero-order valence-electron chi connectivity index (χ0n) is 13.6. The molecule has 1 aromatic heterocycles. The van der Waals surface area contributed by atoms with Gasteiger partial charge in [-0.1, -0.05) is 43.8 Å². The summed E-state index contributed by atoms with van der Waals surface area (Å²) in [5.41, 5.74) is 3.33. The van der Waals surface area contributed by atoms with Gasteiger partial charge in [0.15, 0.2) is 5.16 Å². The molecule has 0 aliphatic carbocycles. The minimum absolute atomic E-state index is 0.476. The Balaban J connectivity index is 2.11. The quantitative estimate of drug-likeness (QED) is 0.615. The lowest BCUT2D eigenvalue weighted by Gasteiger charge is -2.13. The lowest BCUT2D eigenvalue weighted by Crippen LogP contribution is -2.00. The highest BCUT2D eigenvalue weighted by Crippen LogP contribution is 2.32. The lowest BCUT2D eigenvalue weighted by molar-refractivity contribution is 0.415. The van der Waals surface area contributed by atoms with Crippen LogP contribution in [0.2, 0.25) is 0 Å². The average molecular weight is 324 g/mol. The number of methoxy groups -OCH3 is 1. The van der Waals surface area contributed by atoms with Crippen molar-refractivity contribution in [2.24, 2.45) is 0 Å². The van der Waals surface area contributed by atoms with Crippen LogP contribution in [0.3, 0.4) is 0 Å². The molecule has 3 nitrogen and oxygen atoms in total. The summed E-state index contributed by atoms with van der Waals surface area (Å²) in [4.78, 5) is 4.65. The fourth-order valence-corrected chi connectivity index (χ4v) is 3.27. The summed E-state index contributed by atoms with van der Waals surface area (Å²) in [7, 11) is 1.68. The molecule has 118 valence electrons. The Kier molecular flexibility index (Phi) is 4.72. The molecule has 0 saturated carbocycles. The van der Waals surface area contributed by atoms with Crippen molar-refractivity contribution in [3.05, 3.63) is 60.8 Å². The number of nitrogens with zero attached hydrogens (tertiary/aromatic N) is 2. The minimum Gasteiger partial charge on any atom is -0.497 e. The molecular formula is C19H20N2OS. The van der Waals surface area contributed by atoms with E-state index in [0.717, 1.165) is 27.9 Å². The number of aromatic nitrogens is 2. The minimum atomic E-state index is 0.476. The highest BCUT2D eigenvalue weighted by atomic mass is 32.2. The van der Waals surface area contributed by atoms with Gasteiger partial charge >= 0.3 is 0 Å². The van der Waals surface area contributed by atoms with E-state index in [-0.39, 0.29) is 0 Å². The maximum atomic E-state index is 5.25.